The molecule has 6 rings (SSSR count). The molecule has 1 atom stereocenters. The number of rotatable bonds is 8. The van der Waals surface area contributed by atoms with Gasteiger partial charge in [-0.15, -0.1) is 5.11 Å². The van der Waals surface area contributed by atoms with Crippen LogP contribution in [0.25, 0.3) is 32.6 Å². The highest BCUT2D eigenvalue weighted by Gasteiger charge is 2.24. The van der Waals surface area contributed by atoms with Crippen molar-refractivity contribution in [2.24, 2.45) is 16.0 Å². The molecule has 0 saturated heterocycles. The highest BCUT2D eigenvalue weighted by Crippen LogP contribution is 2.44. The topological polar surface area (TPSA) is 140 Å². The summed E-state index contributed by atoms with van der Waals surface area (Å²) in [6, 6.07) is 29.8. The Morgan fingerprint density at radius 1 is 0.977 bits per heavy atom. The van der Waals surface area contributed by atoms with Crippen LogP contribution in [0.4, 0.5) is 17.1 Å². The maximum Gasteiger partial charge on any atom is 0.259 e. The summed E-state index contributed by atoms with van der Waals surface area (Å²) in [6.07, 6.45) is 2.68. The molecule has 218 valence electrons. The number of nitrogens with two attached hydrogens (primary N) is 1. The summed E-state index contributed by atoms with van der Waals surface area (Å²) in [5.74, 6) is -0.800. The maximum atomic E-state index is 13.4. The Balaban J connectivity index is 1.47. The summed E-state index contributed by atoms with van der Waals surface area (Å²) >= 11 is 0. The van der Waals surface area contributed by atoms with Gasteiger partial charge in [-0.05, 0) is 72.3 Å². The van der Waals surface area contributed by atoms with Gasteiger partial charge in [0.05, 0.1) is 28.4 Å². The summed E-state index contributed by atoms with van der Waals surface area (Å²) < 4.78 is 0. The van der Waals surface area contributed by atoms with Gasteiger partial charge in [-0.2, -0.15) is 10.4 Å². The second-order valence-corrected chi connectivity index (χ2v) is 11.0. The fourth-order valence-corrected chi connectivity index (χ4v) is 5.82. The van der Waals surface area contributed by atoms with Crippen molar-refractivity contribution in [3.63, 3.8) is 0 Å². The third kappa shape index (κ3) is 5.14. The predicted octanol–water partition coefficient (Wildman–Crippen LogP) is 9.08. The number of hydrogen-bond donors (Lipinski definition) is 4. The van der Waals surface area contributed by atoms with Crippen LogP contribution in [0.2, 0.25) is 0 Å². The van der Waals surface area contributed by atoms with Crippen LogP contribution in [0.5, 0.6) is 5.75 Å². The number of nitriles is 1. The van der Waals surface area contributed by atoms with Gasteiger partial charge in [0.2, 0.25) is 0 Å². The number of carbonyl (C=O) groups excluding carboxylic acids is 1. The SMILES string of the molecule is CCCC(N)(CC)c1ccc(N=Nc2c(O)c(C(=O)Nc3ccc(C#N)cc3)cc3ccc4c5ccccc5[nH]c4c23)cc1. The summed E-state index contributed by atoms with van der Waals surface area (Å²) in [6.45, 7) is 4.21. The number of H-pyrrole nitrogens is 1. The van der Waals surface area contributed by atoms with Crippen LogP contribution in [-0.4, -0.2) is 16.0 Å². The second-order valence-electron chi connectivity index (χ2n) is 11.0. The van der Waals surface area contributed by atoms with Crippen LogP contribution < -0.4 is 11.1 Å². The summed E-state index contributed by atoms with van der Waals surface area (Å²) in [4.78, 5) is 16.9. The van der Waals surface area contributed by atoms with Gasteiger partial charge < -0.3 is 21.1 Å². The molecule has 5 N–H and O–H groups in total. The van der Waals surface area contributed by atoms with Gasteiger partial charge >= 0.3 is 0 Å². The van der Waals surface area contributed by atoms with E-state index in [1.54, 1.807) is 30.3 Å². The third-order valence-corrected chi connectivity index (χ3v) is 8.28. The molecule has 0 bridgehead atoms. The van der Waals surface area contributed by atoms with Gasteiger partial charge in [-0.25, -0.2) is 0 Å². The fraction of sp³-hybridized carbons (Fsp3) is 0.167. The number of azo groups is 1. The van der Waals surface area contributed by atoms with E-state index >= 15 is 0 Å². The normalized spacial score (nSPS) is 13.0. The van der Waals surface area contributed by atoms with Crippen molar-refractivity contribution < 1.29 is 9.90 Å². The molecule has 1 heterocycles. The molecule has 8 heteroatoms. The molecule has 8 nitrogen and oxygen atoms in total. The minimum Gasteiger partial charge on any atom is -0.505 e. The lowest BCUT2D eigenvalue weighted by atomic mass is 9.84. The Labute approximate surface area is 254 Å². The van der Waals surface area contributed by atoms with Crippen LogP contribution >= 0.6 is 0 Å². The van der Waals surface area contributed by atoms with Crippen molar-refractivity contribution >= 4 is 55.5 Å². The number of aromatic hydroxyl groups is 1. The molecular weight excluding hydrogens is 548 g/mol. The summed E-state index contributed by atoms with van der Waals surface area (Å²) in [7, 11) is 0. The first kappa shape index (κ1) is 28.6. The molecular formula is C36H32N6O2. The van der Waals surface area contributed by atoms with Crippen molar-refractivity contribution in [2.45, 2.75) is 38.6 Å². The quantitative estimate of drug-likeness (QED) is 0.133. The van der Waals surface area contributed by atoms with Crippen LogP contribution in [0, 0.1) is 11.3 Å². The first-order chi connectivity index (χ1) is 21.3. The number of aromatic nitrogens is 1. The van der Waals surface area contributed by atoms with Crippen LogP contribution in [0.3, 0.4) is 0 Å². The molecule has 5 aromatic carbocycles. The molecule has 0 radical (unpaired) electrons. The summed E-state index contributed by atoms with van der Waals surface area (Å²) in [5.41, 5.74) is 10.8. The Morgan fingerprint density at radius 2 is 1.73 bits per heavy atom. The Hall–Kier alpha value is -5.52. The Bertz CT molecular complexity index is 2090. The average Bonchev–Trinajstić information content (AvgIpc) is 3.43. The molecule has 0 aliphatic carbocycles. The molecule has 0 aliphatic rings. The highest BCUT2D eigenvalue weighted by molar-refractivity contribution is 6.22. The van der Waals surface area contributed by atoms with E-state index in [0.29, 0.717) is 27.7 Å². The number of carbonyl (C=O) groups is 1. The smallest absolute Gasteiger partial charge is 0.259 e. The number of nitrogens with one attached hydrogen (secondary N) is 2. The number of aromatic amines is 1. The number of nitrogens with zero attached hydrogens (tertiary/aromatic N) is 3. The van der Waals surface area contributed by atoms with Crippen molar-refractivity contribution in [2.75, 3.05) is 5.32 Å². The van der Waals surface area contributed by atoms with E-state index < -0.39 is 11.4 Å². The van der Waals surface area contributed by atoms with E-state index in [1.807, 2.05) is 60.7 Å². The fourth-order valence-electron chi connectivity index (χ4n) is 5.82. The van der Waals surface area contributed by atoms with Crippen molar-refractivity contribution in [1.82, 2.24) is 4.98 Å². The molecule has 6 aromatic rings. The third-order valence-electron chi connectivity index (χ3n) is 8.28. The molecule has 0 aliphatic heterocycles. The number of hydrogen-bond acceptors (Lipinski definition) is 6. The lowest BCUT2D eigenvalue weighted by molar-refractivity contribution is 0.102. The van der Waals surface area contributed by atoms with E-state index in [0.717, 1.165) is 46.6 Å². The molecule has 0 saturated carbocycles. The minimum absolute atomic E-state index is 0.0528. The first-order valence-corrected chi connectivity index (χ1v) is 14.7. The standard InChI is InChI=1S/C36H32N6O2/c1-3-19-36(38,4-2)24-12-16-26(17-13-24)41-42-33-31-23(11-18-28-27-7-5-6-8-30(27)40-32(28)31)20-29(34(33)43)35(44)39-25-14-9-22(21-37)10-15-25/h5-18,20,40,43H,3-4,19,38H2,1-2H3,(H,39,44). The van der Waals surface area contributed by atoms with E-state index in [9.17, 15) is 9.90 Å². The highest BCUT2D eigenvalue weighted by atomic mass is 16.3. The van der Waals surface area contributed by atoms with Crippen LogP contribution in [0.15, 0.2) is 101 Å². The maximum absolute atomic E-state index is 13.4. The number of benzene rings is 5. The molecule has 1 aromatic heterocycles. The van der Waals surface area contributed by atoms with E-state index in [-0.39, 0.29) is 17.0 Å². The van der Waals surface area contributed by atoms with Crippen LogP contribution in [0.1, 0.15) is 54.6 Å². The van der Waals surface area contributed by atoms with E-state index in [2.05, 4.69) is 40.4 Å². The largest absolute Gasteiger partial charge is 0.505 e. The number of para-hydroxylation sites is 1. The zero-order valence-corrected chi connectivity index (χ0v) is 24.6. The average molecular weight is 581 g/mol. The molecule has 0 fully saturated rings. The number of phenolic OH excluding ortho intramolecular Hbond substituents is 1. The summed E-state index contributed by atoms with van der Waals surface area (Å²) in [5, 5.41) is 35.9. The zero-order chi connectivity index (χ0) is 30.8. The predicted molar refractivity (Wildman–Crippen MR) is 176 cm³/mol. The van der Waals surface area contributed by atoms with Gasteiger partial charge in [-0.1, -0.05) is 62.7 Å². The van der Waals surface area contributed by atoms with Gasteiger partial charge in [0.15, 0.2) is 5.75 Å². The number of fused-ring (bicyclic) bond motifs is 5. The minimum atomic E-state index is -0.513. The van der Waals surface area contributed by atoms with E-state index in [4.69, 9.17) is 11.0 Å². The molecule has 1 amide bonds. The molecule has 44 heavy (non-hydrogen) atoms. The second kappa shape index (κ2) is 11.6. The van der Waals surface area contributed by atoms with Crippen molar-refractivity contribution in [1.29, 1.82) is 5.26 Å². The Morgan fingerprint density at radius 3 is 2.43 bits per heavy atom. The number of amides is 1. The zero-order valence-electron chi connectivity index (χ0n) is 24.6. The monoisotopic (exact) mass is 580 g/mol. The number of phenols is 1. The van der Waals surface area contributed by atoms with E-state index in [1.165, 1.54) is 0 Å². The van der Waals surface area contributed by atoms with Crippen molar-refractivity contribution in [3.8, 4) is 11.8 Å². The van der Waals surface area contributed by atoms with Crippen molar-refractivity contribution in [3.05, 3.63) is 108 Å². The molecule has 0 spiro atoms. The van der Waals surface area contributed by atoms with Gasteiger partial charge in [0, 0.05) is 32.9 Å². The number of anilines is 1. The first-order valence-electron chi connectivity index (χ1n) is 14.7. The van der Waals surface area contributed by atoms with Gasteiger partial charge in [-0.3, -0.25) is 4.79 Å². The lowest BCUT2D eigenvalue weighted by Crippen LogP contribution is -2.35. The van der Waals surface area contributed by atoms with Crippen LogP contribution in [-0.2, 0) is 5.54 Å². The Kier molecular flexibility index (Phi) is 7.56. The molecule has 1 unspecified atom stereocenters. The van der Waals surface area contributed by atoms with Gasteiger partial charge in [0.1, 0.15) is 5.69 Å². The van der Waals surface area contributed by atoms with Gasteiger partial charge in [0.25, 0.3) is 5.91 Å². The lowest BCUT2D eigenvalue weighted by Gasteiger charge is -2.28.